The maximum atomic E-state index is 12.7. The average Bonchev–Trinajstić information content (AvgIpc) is 2.54. The molecule has 132 valence electrons. The van der Waals surface area contributed by atoms with E-state index in [2.05, 4.69) is 0 Å². The molecule has 0 aromatic heterocycles. The van der Waals surface area contributed by atoms with Crippen LogP contribution in [0.2, 0.25) is 0 Å². The number of rotatable bonds is 4. The molecule has 0 bridgehead atoms. The summed E-state index contributed by atoms with van der Waals surface area (Å²) in [5.74, 6) is 0.267. The van der Waals surface area contributed by atoms with Crippen LogP contribution in [0.3, 0.4) is 0 Å². The highest BCUT2D eigenvalue weighted by Crippen LogP contribution is 2.22. The minimum Gasteiger partial charge on any atom is -0.488 e. The largest absolute Gasteiger partial charge is 0.488 e. The third-order valence-corrected chi connectivity index (χ3v) is 3.85. The number of amides is 1. The van der Waals surface area contributed by atoms with E-state index in [0.29, 0.717) is 25.3 Å². The molecule has 1 heterocycles. The summed E-state index contributed by atoms with van der Waals surface area (Å²) in [5.41, 5.74) is 0.339. The Morgan fingerprint density at radius 3 is 2.46 bits per heavy atom. The van der Waals surface area contributed by atoms with E-state index < -0.39 is 0 Å². The van der Waals surface area contributed by atoms with Gasteiger partial charge in [0.25, 0.3) is 5.91 Å². The second kappa shape index (κ2) is 7.69. The monoisotopic (exact) mass is 333 g/mol. The Morgan fingerprint density at radius 2 is 1.88 bits per heavy atom. The zero-order chi connectivity index (χ0) is 17.7. The van der Waals surface area contributed by atoms with Crippen LogP contribution in [0.1, 0.15) is 50.9 Å². The number of ether oxygens (including phenoxy) is 2. The van der Waals surface area contributed by atoms with Crippen LogP contribution in [0.25, 0.3) is 0 Å². The van der Waals surface area contributed by atoms with E-state index in [1.54, 1.807) is 24.0 Å². The van der Waals surface area contributed by atoms with E-state index in [1.165, 1.54) is 0 Å². The van der Waals surface area contributed by atoms with Crippen LogP contribution in [0.4, 0.5) is 0 Å². The first kappa shape index (κ1) is 18.3. The fourth-order valence-electron chi connectivity index (χ4n) is 2.82. The normalized spacial score (nSPS) is 18.2. The van der Waals surface area contributed by atoms with Crippen molar-refractivity contribution in [1.29, 1.82) is 0 Å². The van der Waals surface area contributed by atoms with Crippen LogP contribution in [0.5, 0.6) is 5.75 Å². The highest BCUT2D eigenvalue weighted by atomic mass is 16.5. The van der Waals surface area contributed by atoms with Gasteiger partial charge >= 0.3 is 5.97 Å². The Hall–Kier alpha value is -2.04. The van der Waals surface area contributed by atoms with Crippen molar-refractivity contribution in [3.8, 4) is 5.75 Å². The predicted octanol–water partition coefficient (Wildman–Crippen LogP) is 3.28. The fraction of sp³-hybridized carbons (Fsp3) is 0.579. The third-order valence-electron chi connectivity index (χ3n) is 3.85. The molecule has 1 aromatic rings. The molecule has 24 heavy (non-hydrogen) atoms. The Balaban J connectivity index is 2.01. The number of esters is 1. The summed E-state index contributed by atoms with van der Waals surface area (Å²) in [4.78, 5) is 26.3. The average molecular weight is 333 g/mol. The molecule has 0 N–H and O–H groups in total. The fourth-order valence-corrected chi connectivity index (χ4v) is 2.82. The number of nitrogens with zero attached hydrogens (tertiary/aromatic N) is 1. The van der Waals surface area contributed by atoms with E-state index >= 15 is 0 Å². The Bertz CT molecular complexity index is 574. The highest BCUT2D eigenvalue weighted by Gasteiger charge is 2.29. The number of hydrogen-bond donors (Lipinski definition) is 0. The SMILES string of the molecule is CCOC(=O)C1CCCN(C(=O)c2ccc(OC(C)(C)C)cc2)C1. The molecule has 1 aliphatic rings. The second-order valence-corrected chi connectivity index (χ2v) is 7.08. The first-order chi connectivity index (χ1) is 11.3. The molecule has 1 atom stereocenters. The van der Waals surface area contributed by atoms with Gasteiger partial charge in [-0.3, -0.25) is 9.59 Å². The smallest absolute Gasteiger partial charge is 0.310 e. The van der Waals surface area contributed by atoms with E-state index in [4.69, 9.17) is 9.47 Å². The van der Waals surface area contributed by atoms with E-state index in [9.17, 15) is 9.59 Å². The standard InChI is InChI=1S/C19H27NO4/c1-5-23-18(22)15-7-6-12-20(13-15)17(21)14-8-10-16(11-9-14)24-19(2,3)4/h8-11,15H,5-7,12-13H2,1-4H3. The second-order valence-electron chi connectivity index (χ2n) is 7.08. The van der Waals surface area contributed by atoms with Crippen molar-refractivity contribution in [2.45, 2.75) is 46.1 Å². The molecule has 5 heteroatoms. The maximum absolute atomic E-state index is 12.7. The Morgan fingerprint density at radius 1 is 1.21 bits per heavy atom. The quantitative estimate of drug-likeness (QED) is 0.794. The van der Waals surface area contributed by atoms with Crippen molar-refractivity contribution in [3.63, 3.8) is 0 Å². The first-order valence-electron chi connectivity index (χ1n) is 8.55. The number of hydrogen-bond acceptors (Lipinski definition) is 4. The summed E-state index contributed by atoms with van der Waals surface area (Å²) < 4.78 is 10.9. The topological polar surface area (TPSA) is 55.8 Å². The first-order valence-corrected chi connectivity index (χ1v) is 8.55. The summed E-state index contributed by atoms with van der Waals surface area (Å²) in [5, 5.41) is 0. The Kier molecular flexibility index (Phi) is 5.86. The molecule has 0 spiro atoms. The molecule has 0 aliphatic carbocycles. The van der Waals surface area contributed by atoms with Crippen LogP contribution in [-0.2, 0) is 9.53 Å². The van der Waals surface area contributed by atoms with Gasteiger partial charge in [-0.05, 0) is 64.8 Å². The van der Waals surface area contributed by atoms with Gasteiger partial charge < -0.3 is 14.4 Å². The van der Waals surface area contributed by atoms with Crippen molar-refractivity contribution in [3.05, 3.63) is 29.8 Å². The van der Waals surface area contributed by atoms with Crippen molar-refractivity contribution in [1.82, 2.24) is 4.90 Å². The van der Waals surface area contributed by atoms with Crippen LogP contribution < -0.4 is 4.74 Å². The van der Waals surface area contributed by atoms with Gasteiger partial charge in [-0.1, -0.05) is 0 Å². The number of carbonyl (C=O) groups excluding carboxylic acids is 2. The van der Waals surface area contributed by atoms with Crippen molar-refractivity contribution < 1.29 is 19.1 Å². The molecule has 1 aliphatic heterocycles. The van der Waals surface area contributed by atoms with Crippen LogP contribution in [-0.4, -0.2) is 42.1 Å². The zero-order valence-electron chi connectivity index (χ0n) is 15.0. The molecule has 1 unspecified atom stereocenters. The van der Waals surface area contributed by atoms with Gasteiger partial charge in [0.15, 0.2) is 0 Å². The lowest BCUT2D eigenvalue weighted by molar-refractivity contribution is -0.149. The van der Waals surface area contributed by atoms with Gasteiger partial charge in [0, 0.05) is 18.7 Å². The van der Waals surface area contributed by atoms with Gasteiger partial charge in [0.2, 0.25) is 0 Å². The lowest BCUT2D eigenvalue weighted by Gasteiger charge is -2.31. The molecule has 2 rings (SSSR count). The lowest BCUT2D eigenvalue weighted by atomic mass is 9.97. The maximum Gasteiger partial charge on any atom is 0.310 e. The van der Waals surface area contributed by atoms with Crippen molar-refractivity contribution >= 4 is 11.9 Å². The molecule has 1 aromatic carbocycles. The summed E-state index contributed by atoms with van der Waals surface area (Å²) in [6.45, 7) is 9.22. The van der Waals surface area contributed by atoms with Gasteiger partial charge in [0.1, 0.15) is 11.4 Å². The number of likely N-dealkylation sites (tertiary alicyclic amines) is 1. The van der Waals surface area contributed by atoms with Gasteiger partial charge in [-0.2, -0.15) is 0 Å². The van der Waals surface area contributed by atoms with Gasteiger partial charge in [-0.15, -0.1) is 0 Å². The number of benzene rings is 1. The minimum absolute atomic E-state index is 0.0497. The van der Waals surface area contributed by atoms with Crippen molar-refractivity contribution in [2.24, 2.45) is 5.92 Å². The molecule has 1 amide bonds. The molecular formula is C19H27NO4. The molecule has 1 saturated heterocycles. The van der Waals surface area contributed by atoms with Gasteiger partial charge in [0.05, 0.1) is 12.5 Å². The predicted molar refractivity (Wildman–Crippen MR) is 92.1 cm³/mol. The summed E-state index contributed by atoms with van der Waals surface area (Å²) in [7, 11) is 0. The third kappa shape index (κ3) is 4.98. The highest BCUT2D eigenvalue weighted by molar-refractivity contribution is 5.94. The van der Waals surface area contributed by atoms with Gasteiger partial charge in [-0.25, -0.2) is 0 Å². The summed E-state index contributed by atoms with van der Waals surface area (Å²) >= 11 is 0. The van der Waals surface area contributed by atoms with E-state index in [1.807, 2.05) is 32.9 Å². The molecule has 0 saturated carbocycles. The number of carbonyl (C=O) groups is 2. The van der Waals surface area contributed by atoms with Crippen molar-refractivity contribution in [2.75, 3.05) is 19.7 Å². The van der Waals surface area contributed by atoms with Crippen LogP contribution in [0, 0.1) is 5.92 Å². The summed E-state index contributed by atoms with van der Waals surface area (Å²) in [6, 6.07) is 7.17. The molecule has 1 fully saturated rings. The lowest BCUT2D eigenvalue weighted by Crippen LogP contribution is -2.42. The Labute approximate surface area is 143 Å². The van der Waals surface area contributed by atoms with E-state index in [0.717, 1.165) is 18.6 Å². The minimum atomic E-state index is -0.273. The summed E-state index contributed by atoms with van der Waals surface area (Å²) in [6.07, 6.45) is 1.60. The van der Waals surface area contributed by atoms with E-state index in [-0.39, 0.29) is 23.4 Å². The zero-order valence-corrected chi connectivity index (χ0v) is 15.0. The molecule has 0 radical (unpaired) electrons. The van der Waals surface area contributed by atoms with Crippen LogP contribution >= 0.6 is 0 Å². The molecular weight excluding hydrogens is 306 g/mol. The number of piperidine rings is 1. The molecule has 5 nitrogen and oxygen atoms in total. The van der Waals surface area contributed by atoms with Crippen LogP contribution in [0.15, 0.2) is 24.3 Å².